The number of hydrogen-bond acceptors (Lipinski definition) is 6. The second-order valence-electron chi connectivity index (χ2n) is 12.1. The van der Waals surface area contributed by atoms with Crippen LogP contribution >= 0.6 is 0 Å². The van der Waals surface area contributed by atoms with E-state index in [1.165, 1.54) is 0 Å². The third-order valence-electron chi connectivity index (χ3n) is 11.6. The number of cyclic esters (lactones) is 2. The summed E-state index contributed by atoms with van der Waals surface area (Å²) in [5, 5.41) is 10.7. The number of ether oxygens (including phenoxy) is 2. The second-order valence-corrected chi connectivity index (χ2v) is 12.1. The van der Waals surface area contributed by atoms with E-state index in [-0.39, 0.29) is 34.6 Å². The van der Waals surface area contributed by atoms with Crippen LogP contribution in [0.3, 0.4) is 0 Å². The Hall–Kier alpha value is -1.53. The van der Waals surface area contributed by atoms with Crippen molar-refractivity contribution in [2.75, 3.05) is 0 Å². The molecular formula is C25H30O6. The van der Waals surface area contributed by atoms with Crippen molar-refractivity contribution in [3.05, 3.63) is 12.2 Å². The Morgan fingerprint density at radius 2 is 1.81 bits per heavy atom. The van der Waals surface area contributed by atoms with Gasteiger partial charge in [-0.25, -0.2) is 0 Å². The highest BCUT2D eigenvalue weighted by atomic mass is 16.6. The van der Waals surface area contributed by atoms with Crippen molar-refractivity contribution in [3.63, 3.8) is 0 Å². The van der Waals surface area contributed by atoms with Gasteiger partial charge in [0.1, 0.15) is 11.4 Å². The third-order valence-corrected chi connectivity index (χ3v) is 11.6. The van der Waals surface area contributed by atoms with Gasteiger partial charge in [0.2, 0.25) is 0 Å². The highest BCUT2D eigenvalue weighted by Crippen LogP contribution is 2.88. The zero-order chi connectivity index (χ0) is 21.8. The summed E-state index contributed by atoms with van der Waals surface area (Å²) in [6.07, 6.45) is 8.29. The molecule has 6 aliphatic carbocycles. The molecule has 0 amide bonds. The number of carbonyl (C=O) groups is 3. The molecule has 0 aromatic rings. The first-order valence-corrected chi connectivity index (χ1v) is 11.9. The molecule has 166 valence electrons. The van der Waals surface area contributed by atoms with E-state index in [1.54, 1.807) is 6.92 Å². The predicted octanol–water partition coefficient (Wildman–Crippen LogP) is 2.57. The van der Waals surface area contributed by atoms with Crippen LogP contribution in [0.4, 0.5) is 0 Å². The number of ketones is 1. The van der Waals surface area contributed by atoms with E-state index in [2.05, 4.69) is 26.0 Å². The first-order valence-electron chi connectivity index (χ1n) is 11.9. The van der Waals surface area contributed by atoms with Crippen LogP contribution in [0.15, 0.2) is 12.2 Å². The van der Waals surface area contributed by atoms with E-state index in [1.807, 2.05) is 0 Å². The van der Waals surface area contributed by atoms with E-state index in [0.717, 1.165) is 25.7 Å². The van der Waals surface area contributed by atoms with Crippen molar-refractivity contribution in [1.29, 1.82) is 0 Å². The number of fused-ring (bicyclic) bond motifs is 1. The van der Waals surface area contributed by atoms with Crippen molar-refractivity contribution < 1.29 is 29.0 Å². The van der Waals surface area contributed by atoms with Crippen molar-refractivity contribution in [3.8, 4) is 0 Å². The van der Waals surface area contributed by atoms with Crippen molar-refractivity contribution in [1.82, 2.24) is 0 Å². The molecule has 2 aliphatic heterocycles. The number of hydrogen-bond donors (Lipinski definition) is 1. The predicted molar refractivity (Wildman–Crippen MR) is 107 cm³/mol. The van der Waals surface area contributed by atoms with E-state index < -0.39 is 46.3 Å². The summed E-state index contributed by atoms with van der Waals surface area (Å²) in [7, 11) is 0. The maximum atomic E-state index is 13.3. The number of Topliss-reactive ketones (excluding diaryl/α,β-unsaturated/α-hetero) is 1. The van der Waals surface area contributed by atoms with Gasteiger partial charge in [-0.3, -0.25) is 14.4 Å². The lowest BCUT2D eigenvalue weighted by Gasteiger charge is -2.72. The molecule has 1 N–H and O–H groups in total. The number of aliphatic hydroxyl groups excluding tert-OH is 1. The maximum Gasteiger partial charge on any atom is 0.318 e. The summed E-state index contributed by atoms with van der Waals surface area (Å²) in [5.41, 5.74) is -2.36. The lowest BCUT2D eigenvalue weighted by atomic mass is 9.27. The van der Waals surface area contributed by atoms with Crippen molar-refractivity contribution in [2.24, 2.45) is 45.3 Å². The largest absolute Gasteiger partial charge is 0.393 e. The number of rotatable bonds is 1. The average Bonchev–Trinajstić information content (AvgIpc) is 3.18. The molecule has 6 heteroatoms. The smallest absolute Gasteiger partial charge is 0.318 e. The van der Waals surface area contributed by atoms with Crippen LogP contribution in [0.1, 0.15) is 59.3 Å². The highest BCUT2D eigenvalue weighted by molar-refractivity contribution is 5.99. The van der Waals surface area contributed by atoms with Gasteiger partial charge in [0.15, 0.2) is 0 Å². The van der Waals surface area contributed by atoms with E-state index in [9.17, 15) is 19.5 Å². The monoisotopic (exact) mass is 426 g/mol. The molecule has 8 aliphatic rings. The van der Waals surface area contributed by atoms with Crippen LogP contribution in [0.2, 0.25) is 0 Å². The third kappa shape index (κ3) is 1.58. The number of aliphatic hydroxyl groups is 1. The second kappa shape index (κ2) is 5.01. The summed E-state index contributed by atoms with van der Waals surface area (Å²) in [6.45, 7) is 6.14. The van der Waals surface area contributed by atoms with Crippen LogP contribution in [-0.4, -0.2) is 40.6 Å². The summed E-state index contributed by atoms with van der Waals surface area (Å²) in [4.78, 5) is 39.1. The summed E-state index contributed by atoms with van der Waals surface area (Å²) in [6, 6.07) is 0. The molecule has 3 spiro atoms. The Morgan fingerprint density at radius 3 is 2.55 bits per heavy atom. The molecule has 2 bridgehead atoms. The molecule has 0 unspecified atom stereocenters. The van der Waals surface area contributed by atoms with Gasteiger partial charge in [0.25, 0.3) is 0 Å². The number of allylic oxidation sites excluding steroid dienone is 1. The Morgan fingerprint density at radius 1 is 1.06 bits per heavy atom. The van der Waals surface area contributed by atoms with Gasteiger partial charge >= 0.3 is 11.9 Å². The fourth-order valence-corrected chi connectivity index (χ4v) is 10.7. The maximum absolute atomic E-state index is 13.3. The van der Waals surface area contributed by atoms with Gasteiger partial charge in [0.05, 0.1) is 24.0 Å². The number of carbonyl (C=O) groups excluding carboxylic acids is 3. The van der Waals surface area contributed by atoms with Crippen molar-refractivity contribution >= 4 is 17.7 Å². The summed E-state index contributed by atoms with van der Waals surface area (Å²) < 4.78 is 12.1. The highest BCUT2D eigenvalue weighted by Gasteiger charge is 2.94. The van der Waals surface area contributed by atoms with Gasteiger partial charge in [-0.15, -0.1) is 0 Å². The topological polar surface area (TPSA) is 93.2 Å². The van der Waals surface area contributed by atoms with Gasteiger partial charge in [0, 0.05) is 22.2 Å². The van der Waals surface area contributed by atoms with Crippen LogP contribution in [-0.2, 0) is 23.9 Å². The normalized spacial score (nSPS) is 62.3. The molecule has 6 nitrogen and oxygen atoms in total. The molecular weight excluding hydrogens is 396 g/mol. The molecule has 2 heterocycles. The van der Waals surface area contributed by atoms with E-state index in [0.29, 0.717) is 12.8 Å². The Balaban J connectivity index is 1.53. The van der Waals surface area contributed by atoms with Crippen LogP contribution in [0.25, 0.3) is 0 Å². The summed E-state index contributed by atoms with van der Waals surface area (Å²) >= 11 is 0. The van der Waals surface area contributed by atoms with Crippen molar-refractivity contribution in [2.45, 2.75) is 77.1 Å². The molecule has 0 radical (unpaired) electrons. The molecule has 2 saturated heterocycles. The van der Waals surface area contributed by atoms with Crippen LogP contribution in [0, 0.1) is 45.3 Å². The average molecular weight is 427 g/mol. The van der Waals surface area contributed by atoms with E-state index in [4.69, 9.17) is 9.47 Å². The van der Waals surface area contributed by atoms with Gasteiger partial charge in [-0.2, -0.15) is 0 Å². The first-order chi connectivity index (χ1) is 14.6. The number of esters is 2. The summed E-state index contributed by atoms with van der Waals surface area (Å²) in [5.74, 6) is -1.74. The fraction of sp³-hybridized carbons (Fsp3) is 0.800. The molecule has 11 atom stereocenters. The molecule has 8 rings (SSSR count). The fourth-order valence-electron chi connectivity index (χ4n) is 10.7. The first kappa shape index (κ1) is 19.0. The Bertz CT molecular complexity index is 1000. The lowest BCUT2D eigenvalue weighted by Crippen LogP contribution is -2.77. The Labute approximate surface area is 181 Å². The quantitative estimate of drug-likeness (QED) is 0.300. The standard InChI is InChI=1S/C25H30O6/c1-12(26)14-4-5-15-21(14,2)11-16-25(31-16)22(3)7-6-13(27)10-23(22)8-9-24(15,25)18-17(23)19(28)30-20(18)29/h8-9,13-18,27H,4-7,10-11H2,1-3H3/t13-,14+,15+,16-,17+,18+,21+,22-,23-,24+,25-/m0/s1. The SMILES string of the molecule is CC(=O)[C@H]1CC[C@@H]2[C@]1(C)C[C@@H]1O[C@@]13[C@]21C=C[C@]2(C[C@@H](O)CC[C@]32C)[C@H]2C(=O)OC(=O)[C@@H]21. The van der Waals surface area contributed by atoms with Gasteiger partial charge in [-0.05, 0) is 56.8 Å². The lowest BCUT2D eigenvalue weighted by molar-refractivity contribution is -0.236. The zero-order valence-corrected chi connectivity index (χ0v) is 18.3. The van der Waals surface area contributed by atoms with Crippen LogP contribution in [0.5, 0.6) is 0 Å². The van der Waals surface area contributed by atoms with Crippen LogP contribution < -0.4 is 0 Å². The minimum atomic E-state index is -0.624. The van der Waals surface area contributed by atoms with Gasteiger partial charge in [-0.1, -0.05) is 26.0 Å². The number of epoxide rings is 1. The molecule has 4 saturated carbocycles. The zero-order valence-electron chi connectivity index (χ0n) is 18.3. The molecule has 31 heavy (non-hydrogen) atoms. The molecule has 0 aromatic carbocycles. The Kier molecular flexibility index (Phi) is 3.07. The van der Waals surface area contributed by atoms with E-state index >= 15 is 0 Å². The minimum Gasteiger partial charge on any atom is -0.393 e. The van der Waals surface area contributed by atoms with Gasteiger partial charge < -0.3 is 14.6 Å². The molecule has 6 fully saturated rings. The molecule has 0 aromatic heterocycles. The minimum absolute atomic E-state index is 0.0253.